The molecule has 0 unspecified atom stereocenters. The van der Waals surface area contributed by atoms with Crippen LogP contribution in [-0.2, 0) is 0 Å². The molecule has 0 bridgehead atoms. The molecule has 0 aromatic carbocycles. The van der Waals surface area contributed by atoms with E-state index < -0.39 is 5.91 Å². The van der Waals surface area contributed by atoms with Gasteiger partial charge >= 0.3 is 0 Å². The molecule has 0 saturated heterocycles. The van der Waals surface area contributed by atoms with Crippen molar-refractivity contribution in [3.8, 4) is 6.07 Å². The van der Waals surface area contributed by atoms with E-state index in [2.05, 4.69) is 17.6 Å². The van der Waals surface area contributed by atoms with Gasteiger partial charge in [-0.05, 0) is 44.3 Å². The van der Waals surface area contributed by atoms with Crippen LogP contribution in [-0.4, -0.2) is 15.5 Å². The van der Waals surface area contributed by atoms with Crippen molar-refractivity contribution < 1.29 is 4.79 Å². The molecular weight excluding hydrogens is 350 g/mol. The first-order valence-electron chi connectivity index (χ1n) is 9.43. The lowest BCUT2D eigenvalue weighted by Crippen LogP contribution is -2.14. The summed E-state index contributed by atoms with van der Waals surface area (Å²) in [4.78, 5) is 16.7. The van der Waals surface area contributed by atoms with E-state index in [9.17, 15) is 10.1 Å². The zero-order valence-electron chi connectivity index (χ0n) is 16.5. The minimum Gasteiger partial charge on any atom is -0.384 e. The first kappa shape index (κ1) is 19.4. The number of nitrogens with zero attached hydrogens (tertiary/aromatic N) is 3. The molecule has 1 aliphatic rings. The van der Waals surface area contributed by atoms with Crippen molar-refractivity contribution in [1.29, 1.82) is 5.26 Å². The van der Waals surface area contributed by atoms with Gasteiger partial charge in [0.15, 0.2) is 0 Å². The maximum absolute atomic E-state index is 12.2. The molecule has 0 spiro atoms. The molecule has 0 aliphatic heterocycles. The van der Waals surface area contributed by atoms with Gasteiger partial charge in [-0.3, -0.25) is 14.3 Å². The van der Waals surface area contributed by atoms with E-state index in [1.54, 1.807) is 16.8 Å². The zero-order chi connectivity index (χ0) is 20.6. The van der Waals surface area contributed by atoms with Crippen LogP contribution in [0.15, 0.2) is 36.1 Å². The monoisotopic (exact) mass is 375 g/mol. The molecule has 2 heterocycles. The van der Waals surface area contributed by atoms with Gasteiger partial charge in [0.2, 0.25) is 0 Å². The summed E-state index contributed by atoms with van der Waals surface area (Å²) in [5, 5.41) is 10.5. The number of fused-ring (bicyclic) bond motifs is 1. The topological polar surface area (TPSA) is 111 Å². The summed E-state index contributed by atoms with van der Waals surface area (Å²) in [5.74, 6) is -0.140. The number of rotatable bonds is 6. The Balaban J connectivity index is 2.56. The van der Waals surface area contributed by atoms with Crippen LogP contribution in [0.5, 0.6) is 0 Å². The van der Waals surface area contributed by atoms with E-state index in [1.165, 1.54) is 0 Å². The van der Waals surface area contributed by atoms with Gasteiger partial charge in [-0.25, -0.2) is 0 Å². The standard InChI is InChI=1S/C22H25N5O/c1-5-12(4)19(13(6-2)7-3)27-20-15(10-23)18(14-8-9-14)26-11-16(20)17(21(27)24)22(25)28/h5-6,11,14H,1,7-9,24H2,2-4H3,(H2,25,28)/b13-6-,19-12+. The number of primary amides is 1. The van der Waals surface area contributed by atoms with Gasteiger partial charge in [0.1, 0.15) is 11.9 Å². The van der Waals surface area contributed by atoms with Gasteiger partial charge in [-0.2, -0.15) is 5.26 Å². The molecule has 1 amide bonds. The number of nitriles is 1. The van der Waals surface area contributed by atoms with Gasteiger partial charge in [0.05, 0.1) is 28.0 Å². The van der Waals surface area contributed by atoms with E-state index in [0.717, 1.165) is 41.8 Å². The lowest BCUT2D eigenvalue weighted by atomic mass is 10.0. The number of allylic oxidation sites excluding steroid dienone is 5. The second kappa shape index (κ2) is 7.35. The Morgan fingerprint density at radius 3 is 2.64 bits per heavy atom. The van der Waals surface area contributed by atoms with Crippen molar-refractivity contribution in [2.24, 2.45) is 5.73 Å². The van der Waals surface area contributed by atoms with E-state index >= 15 is 0 Å². The number of nitrogens with two attached hydrogens (primary N) is 2. The van der Waals surface area contributed by atoms with Gasteiger partial charge < -0.3 is 11.5 Å². The van der Waals surface area contributed by atoms with Crippen molar-refractivity contribution in [1.82, 2.24) is 9.55 Å². The SMILES string of the molecule is C=C/C(C)=C(\C(=C/C)CC)n1c(N)c(C(N)=O)c2cnc(C3CC3)c(C#N)c21. The summed E-state index contributed by atoms with van der Waals surface area (Å²) in [6, 6.07) is 2.31. The third kappa shape index (κ3) is 2.89. The predicted molar refractivity (Wildman–Crippen MR) is 112 cm³/mol. The molecule has 2 aromatic rings. The van der Waals surface area contributed by atoms with Crippen molar-refractivity contribution in [3.05, 3.63) is 52.9 Å². The Kier molecular flexibility index (Phi) is 5.10. The molecule has 4 N–H and O–H groups in total. The average Bonchev–Trinajstić information content (AvgIpc) is 3.48. The number of anilines is 1. The van der Waals surface area contributed by atoms with Crippen LogP contribution >= 0.6 is 0 Å². The third-order valence-corrected chi connectivity index (χ3v) is 5.33. The fraction of sp³-hybridized carbons (Fsp3) is 0.318. The molecule has 6 heteroatoms. The molecule has 1 aliphatic carbocycles. The van der Waals surface area contributed by atoms with E-state index in [4.69, 9.17) is 11.5 Å². The fourth-order valence-corrected chi connectivity index (χ4v) is 3.75. The lowest BCUT2D eigenvalue weighted by Gasteiger charge is -2.19. The molecule has 1 fully saturated rings. The largest absolute Gasteiger partial charge is 0.384 e. The first-order chi connectivity index (χ1) is 13.4. The molecule has 28 heavy (non-hydrogen) atoms. The minimum absolute atomic E-state index is 0.197. The number of amides is 1. The normalized spacial score (nSPS) is 15.3. The Morgan fingerprint density at radius 1 is 1.50 bits per heavy atom. The van der Waals surface area contributed by atoms with Crippen LogP contribution in [0.1, 0.15) is 67.6 Å². The maximum Gasteiger partial charge on any atom is 0.253 e. The molecule has 1 saturated carbocycles. The molecule has 6 nitrogen and oxygen atoms in total. The molecule has 0 atom stereocenters. The number of carbonyl (C=O) groups excluding carboxylic acids is 1. The number of hydrogen-bond acceptors (Lipinski definition) is 4. The van der Waals surface area contributed by atoms with Crippen molar-refractivity contribution in [2.75, 3.05) is 5.73 Å². The molecule has 0 radical (unpaired) electrons. The fourth-order valence-electron chi connectivity index (χ4n) is 3.75. The molecule has 2 aromatic heterocycles. The van der Waals surface area contributed by atoms with Crippen LogP contribution in [0.3, 0.4) is 0 Å². The third-order valence-electron chi connectivity index (χ3n) is 5.33. The van der Waals surface area contributed by atoms with Gasteiger partial charge in [0.25, 0.3) is 5.91 Å². The van der Waals surface area contributed by atoms with Crippen molar-refractivity contribution in [2.45, 2.75) is 46.0 Å². The van der Waals surface area contributed by atoms with Gasteiger partial charge in [-0.15, -0.1) is 0 Å². The van der Waals surface area contributed by atoms with E-state index in [0.29, 0.717) is 16.5 Å². The van der Waals surface area contributed by atoms with Crippen molar-refractivity contribution >= 4 is 28.3 Å². The second-order valence-corrected chi connectivity index (χ2v) is 7.03. The zero-order valence-corrected chi connectivity index (χ0v) is 16.5. The Hall–Kier alpha value is -3.33. The molecule has 3 rings (SSSR count). The smallest absolute Gasteiger partial charge is 0.253 e. The molecular formula is C22H25N5O. The number of hydrogen-bond donors (Lipinski definition) is 2. The quantitative estimate of drug-likeness (QED) is 0.736. The highest BCUT2D eigenvalue weighted by atomic mass is 16.1. The van der Waals surface area contributed by atoms with E-state index in [1.807, 2.05) is 26.8 Å². The van der Waals surface area contributed by atoms with E-state index in [-0.39, 0.29) is 17.3 Å². The summed E-state index contributed by atoms with van der Waals surface area (Å²) < 4.78 is 1.79. The number of aromatic nitrogens is 2. The summed E-state index contributed by atoms with van der Waals surface area (Å²) in [5.41, 5.74) is 16.9. The minimum atomic E-state index is -0.639. The Morgan fingerprint density at radius 2 is 2.18 bits per heavy atom. The Bertz CT molecular complexity index is 1090. The Labute approximate surface area is 164 Å². The van der Waals surface area contributed by atoms with Crippen LogP contribution in [0.25, 0.3) is 16.6 Å². The van der Waals surface area contributed by atoms with Crippen LogP contribution in [0.2, 0.25) is 0 Å². The number of pyridine rings is 1. The van der Waals surface area contributed by atoms with Gasteiger partial charge in [0, 0.05) is 17.5 Å². The lowest BCUT2D eigenvalue weighted by molar-refractivity contribution is 0.100. The molecule has 144 valence electrons. The predicted octanol–water partition coefficient (Wildman–Crippen LogP) is 4.24. The summed E-state index contributed by atoms with van der Waals surface area (Å²) in [6.45, 7) is 9.84. The highest BCUT2D eigenvalue weighted by Crippen LogP contribution is 2.44. The maximum atomic E-state index is 12.2. The number of nitrogen functional groups attached to an aromatic ring is 1. The average molecular weight is 375 g/mol. The van der Waals surface area contributed by atoms with Crippen LogP contribution < -0.4 is 11.5 Å². The van der Waals surface area contributed by atoms with Crippen molar-refractivity contribution in [3.63, 3.8) is 0 Å². The highest BCUT2D eigenvalue weighted by Gasteiger charge is 2.32. The van der Waals surface area contributed by atoms with Gasteiger partial charge in [-0.1, -0.05) is 25.7 Å². The van der Waals surface area contributed by atoms with Crippen LogP contribution in [0.4, 0.5) is 5.82 Å². The summed E-state index contributed by atoms with van der Waals surface area (Å²) >= 11 is 0. The van der Waals surface area contributed by atoms with Crippen LogP contribution in [0, 0.1) is 11.3 Å². The second-order valence-electron chi connectivity index (χ2n) is 7.03. The summed E-state index contributed by atoms with van der Waals surface area (Å²) in [6.07, 6.45) is 8.15. The number of carbonyl (C=O) groups is 1. The summed E-state index contributed by atoms with van der Waals surface area (Å²) in [7, 11) is 0. The first-order valence-corrected chi connectivity index (χ1v) is 9.43. The highest BCUT2D eigenvalue weighted by molar-refractivity contribution is 6.13.